The summed E-state index contributed by atoms with van der Waals surface area (Å²) in [5, 5.41) is 16.2. The van der Waals surface area contributed by atoms with Crippen LogP contribution in [-0.2, 0) is 4.79 Å². The van der Waals surface area contributed by atoms with E-state index >= 15 is 0 Å². The highest BCUT2D eigenvalue weighted by Gasteiger charge is 2.15. The number of nitroso groups, excluding NO2 is 1. The second-order valence-electron chi connectivity index (χ2n) is 3.70. The van der Waals surface area contributed by atoms with E-state index in [1.807, 2.05) is 0 Å². The zero-order valence-corrected chi connectivity index (χ0v) is 11.6. The number of halogens is 2. The van der Waals surface area contributed by atoms with Crippen molar-refractivity contribution in [1.29, 1.82) is 0 Å². The van der Waals surface area contributed by atoms with E-state index in [0.29, 0.717) is 5.02 Å². The SMILES string of the molecule is O=NB(O)CNC(=O)CNC(=O)c1cc(Cl)ccc1Cl. The third-order valence-corrected chi connectivity index (χ3v) is 2.75. The molecule has 0 aromatic heterocycles. The summed E-state index contributed by atoms with van der Waals surface area (Å²) in [6.07, 6.45) is -0.323. The minimum Gasteiger partial charge on any atom is -0.428 e. The van der Waals surface area contributed by atoms with Crippen LogP contribution in [0.1, 0.15) is 10.4 Å². The van der Waals surface area contributed by atoms with E-state index in [1.165, 1.54) is 18.2 Å². The molecule has 0 radical (unpaired) electrons. The third-order valence-electron chi connectivity index (χ3n) is 2.19. The van der Waals surface area contributed by atoms with Crippen molar-refractivity contribution in [3.8, 4) is 0 Å². The third kappa shape index (κ3) is 5.16. The highest BCUT2D eigenvalue weighted by molar-refractivity contribution is 6.48. The number of nitrogens with one attached hydrogen (secondary N) is 2. The molecule has 0 saturated carbocycles. The lowest BCUT2D eigenvalue weighted by atomic mass is 9.87. The van der Waals surface area contributed by atoms with Gasteiger partial charge >= 0.3 is 7.05 Å². The van der Waals surface area contributed by atoms with Gasteiger partial charge in [-0.15, -0.1) is 0 Å². The van der Waals surface area contributed by atoms with Crippen LogP contribution in [0.15, 0.2) is 23.3 Å². The summed E-state index contributed by atoms with van der Waals surface area (Å²) in [5.74, 6) is -1.15. The molecule has 0 aliphatic carbocycles. The molecule has 2 amide bonds. The molecule has 0 aliphatic rings. The number of hydrogen-bond acceptors (Lipinski definition) is 5. The Balaban J connectivity index is 2.49. The first-order valence-corrected chi connectivity index (χ1v) is 6.20. The van der Waals surface area contributed by atoms with Crippen LogP contribution in [0.25, 0.3) is 0 Å². The summed E-state index contributed by atoms with van der Waals surface area (Å²) in [4.78, 5) is 33.0. The first-order valence-electron chi connectivity index (χ1n) is 5.44. The molecular weight excluding hydrogens is 308 g/mol. The summed E-state index contributed by atoms with van der Waals surface area (Å²) in [7, 11) is -1.52. The molecule has 0 spiro atoms. The minimum absolute atomic E-state index is 0.140. The van der Waals surface area contributed by atoms with E-state index in [2.05, 4.69) is 15.7 Å². The van der Waals surface area contributed by atoms with Crippen molar-refractivity contribution in [2.75, 3.05) is 13.0 Å². The highest BCUT2D eigenvalue weighted by Crippen LogP contribution is 2.20. The molecule has 106 valence electrons. The molecule has 0 heterocycles. The molecule has 0 fully saturated rings. The fourth-order valence-electron chi connectivity index (χ4n) is 1.23. The topological polar surface area (TPSA) is 108 Å². The predicted molar refractivity (Wildman–Crippen MR) is 75.6 cm³/mol. The molecule has 0 saturated heterocycles. The molecule has 1 rings (SSSR count). The second kappa shape index (κ2) is 7.83. The first-order chi connectivity index (χ1) is 9.43. The van der Waals surface area contributed by atoms with Crippen molar-refractivity contribution in [2.24, 2.45) is 5.09 Å². The molecule has 0 atom stereocenters. The number of benzene rings is 1. The summed E-state index contributed by atoms with van der Waals surface area (Å²) < 4.78 is 0. The lowest BCUT2D eigenvalue weighted by molar-refractivity contribution is -0.119. The fraction of sp³-hybridized carbons (Fsp3) is 0.200. The van der Waals surface area contributed by atoms with Crippen LogP contribution in [0.5, 0.6) is 0 Å². The van der Waals surface area contributed by atoms with Gasteiger partial charge in [-0.2, -0.15) is 4.91 Å². The predicted octanol–water partition coefficient (Wildman–Crippen LogP) is 0.626. The maximum Gasteiger partial charge on any atom is 0.503 e. The highest BCUT2D eigenvalue weighted by atomic mass is 35.5. The Morgan fingerprint density at radius 2 is 2.00 bits per heavy atom. The van der Waals surface area contributed by atoms with Gasteiger partial charge in [0.25, 0.3) is 5.91 Å². The van der Waals surface area contributed by atoms with Gasteiger partial charge in [0.15, 0.2) is 0 Å². The molecule has 0 unspecified atom stereocenters. The number of amides is 2. The lowest BCUT2D eigenvalue weighted by Gasteiger charge is -2.07. The van der Waals surface area contributed by atoms with E-state index in [-0.39, 0.29) is 23.6 Å². The van der Waals surface area contributed by atoms with Gasteiger partial charge in [-0.3, -0.25) is 9.59 Å². The van der Waals surface area contributed by atoms with Gasteiger partial charge in [0.05, 0.1) is 23.6 Å². The van der Waals surface area contributed by atoms with E-state index in [0.717, 1.165) is 0 Å². The maximum atomic E-state index is 11.8. The fourth-order valence-corrected chi connectivity index (χ4v) is 1.61. The molecule has 10 heteroatoms. The number of hydrogen-bond donors (Lipinski definition) is 3. The Morgan fingerprint density at radius 1 is 1.30 bits per heavy atom. The molecule has 0 bridgehead atoms. The second-order valence-corrected chi connectivity index (χ2v) is 4.54. The quantitative estimate of drug-likeness (QED) is 0.528. The van der Waals surface area contributed by atoms with Crippen LogP contribution in [0.2, 0.25) is 10.0 Å². The van der Waals surface area contributed by atoms with Gasteiger partial charge < -0.3 is 15.7 Å². The van der Waals surface area contributed by atoms with Crippen molar-refractivity contribution in [1.82, 2.24) is 10.6 Å². The number of carbonyl (C=O) groups is 2. The lowest BCUT2D eigenvalue weighted by Crippen LogP contribution is -2.41. The normalized spacial score (nSPS) is 9.75. The van der Waals surface area contributed by atoms with Crippen LogP contribution in [0.4, 0.5) is 0 Å². The number of rotatable bonds is 6. The average Bonchev–Trinajstić information content (AvgIpc) is 2.44. The maximum absolute atomic E-state index is 11.8. The molecule has 1 aromatic rings. The van der Waals surface area contributed by atoms with Gasteiger partial charge in [-0.05, 0) is 18.2 Å². The smallest absolute Gasteiger partial charge is 0.428 e. The van der Waals surface area contributed by atoms with E-state index in [1.54, 1.807) is 0 Å². The largest absolute Gasteiger partial charge is 0.503 e. The van der Waals surface area contributed by atoms with Gasteiger partial charge in [0.2, 0.25) is 5.91 Å². The molecule has 20 heavy (non-hydrogen) atoms. The molecule has 0 aliphatic heterocycles. The first kappa shape index (κ1) is 16.4. The van der Waals surface area contributed by atoms with Crippen LogP contribution in [0.3, 0.4) is 0 Å². The zero-order chi connectivity index (χ0) is 15.1. The van der Waals surface area contributed by atoms with Gasteiger partial charge in [-0.1, -0.05) is 28.3 Å². The summed E-state index contributed by atoms with van der Waals surface area (Å²) in [5.41, 5.74) is 0.140. The number of carbonyl (C=O) groups excluding carboxylic acids is 2. The van der Waals surface area contributed by atoms with E-state index in [9.17, 15) is 14.5 Å². The average molecular weight is 318 g/mol. The van der Waals surface area contributed by atoms with Crippen LogP contribution in [-0.4, -0.2) is 36.9 Å². The van der Waals surface area contributed by atoms with Gasteiger partial charge in [-0.25, -0.2) is 0 Å². The Kier molecular flexibility index (Phi) is 6.43. The minimum atomic E-state index is -1.52. The van der Waals surface area contributed by atoms with Crippen molar-refractivity contribution < 1.29 is 14.6 Å². The standard InChI is InChI=1S/C10H10BCl2N3O4/c12-6-1-2-8(13)7(3-6)10(18)14-4-9(17)15-5-11(19)16-20/h1-3,19H,4-5H2,(H,14,18)(H,15,17). The van der Waals surface area contributed by atoms with Crippen molar-refractivity contribution in [3.63, 3.8) is 0 Å². The Labute approximate surface area is 124 Å². The van der Waals surface area contributed by atoms with Crippen molar-refractivity contribution >= 4 is 42.1 Å². The monoisotopic (exact) mass is 317 g/mol. The van der Waals surface area contributed by atoms with Crippen molar-refractivity contribution in [2.45, 2.75) is 0 Å². The van der Waals surface area contributed by atoms with E-state index in [4.69, 9.17) is 28.2 Å². The molecule has 7 nitrogen and oxygen atoms in total. The molecule has 1 aromatic carbocycles. The molecular formula is C10H10BCl2N3O4. The summed E-state index contributed by atoms with van der Waals surface area (Å²) in [6.45, 7) is -0.340. The zero-order valence-electron chi connectivity index (χ0n) is 10.1. The van der Waals surface area contributed by atoms with Gasteiger partial charge in [0, 0.05) is 5.02 Å². The van der Waals surface area contributed by atoms with Gasteiger partial charge in [0.1, 0.15) is 0 Å². The van der Waals surface area contributed by atoms with Crippen LogP contribution in [0, 0.1) is 4.91 Å². The Morgan fingerprint density at radius 3 is 2.65 bits per heavy atom. The Bertz CT molecular complexity index is 529. The summed E-state index contributed by atoms with van der Waals surface area (Å²) in [6, 6.07) is 4.36. The van der Waals surface area contributed by atoms with Crippen LogP contribution < -0.4 is 10.6 Å². The molecule has 3 N–H and O–H groups in total. The number of nitrogens with zero attached hydrogens (tertiary/aromatic N) is 1. The summed E-state index contributed by atoms with van der Waals surface area (Å²) >= 11 is 11.6. The van der Waals surface area contributed by atoms with Crippen molar-refractivity contribution in [3.05, 3.63) is 38.7 Å². The van der Waals surface area contributed by atoms with Crippen LogP contribution >= 0.6 is 23.2 Å². The van der Waals surface area contributed by atoms with E-state index < -0.39 is 18.9 Å². The Hall–Kier alpha value is -1.64.